The molecule has 1 saturated heterocycles. The van der Waals surface area contributed by atoms with Crippen LogP contribution in [0.25, 0.3) is 0 Å². The number of fused-ring (bicyclic) bond motifs is 4. The first-order valence-corrected chi connectivity index (χ1v) is 11.4. The molecular weight excluding hydrogens is 458 g/mol. The van der Waals surface area contributed by atoms with Crippen LogP contribution in [0.2, 0.25) is 0 Å². The SMILES string of the molecule is COC(=O)c1ccc(CN2C(=O)[C@]3(O[C@H](C)CC4=CCCC43)c3c(Br)cccc32)cc1. The van der Waals surface area contributed by atoms with E-state index in [1.807, 2.05) is 35.2 Å². The Morgan fingerprint density at radius 2 is 2.03 bits per heavy atom. The third kappa shape index (κ3) is 3.07. The summed E-state index contributed by atoms with van der Waals surface area (Å²) in [5, 5.41) is 0. The molecule has 1 aliphatic carbocycles. The number of halogens is 1. The number of carbonyl (C=O) groups is 2. The molecule has 0 N–H and O–H groups in total. The lowest BCUT2D eigenvalue weighted by atomic mass is 9.74. The van der Waals surface area contributed by atoms with Crippen LogP contribution in [0.5, 0.6) is 0 Å². The number of anilines is 1. The van der Waals surface area contributed by atoms with Gasteiger partial charge in [-0.15, -0.1) is 0 Å². The van der Waals surface area contributed by atoms with Gasteiger partial charge >= 0.3 is 5.97 Å². The Morgan fingerprint density at radius 1 is 1.26 bits per heavy atom. The zero-order chi connectivity index (χ0) is 21.8. The highest BCUT2D eigenvalue weighted by Gasteiger charge is 2.61. The Morgan fingerprint density at radius 3 is 2.77 bits per heavy atom. The number of carbonyl (C=O) groups excluding carboxylic acids is 2. The van der Waals surface area contributed by atoms with Crippen LogP contribution in [0.1, 0.15) is 47.7 Å². The van der Waals surface area contributed by atoms with E-state index in [0.717, 1.165) is 40.5 Å². The number of amides is 1. The van der Waals surface area contributed by atoms with E-state index >= 15 is 0 Å². The lowest BCUT2D eigenvalue weighted by molar-refractivity contribution is -0.168. The largest absolute Gasteiger partial charge is 0.465 e. The summed E-state index contributed by atoms with van der Waals surface area (Å²) in [6.45, 7) is 2.46. The van der Waals surface area contributed by atoms with Gasteiger partial charge in [-0.3, -0.25) is 4.79 Å². The summed E-state index contributed by atoms with van der Waals surface area (Å²) in [6, 6.07) is 13.1. The third-order valence-electron chi connectivity index (χ3n) is 6.64. The Balaban J connectivity index is 1.57. The van der Waals surface area contributed by atoms with Crippen LogP contribution in [0, 0.1) is 5.92 Å². The van der Waals surface area contributed by atoms with Gasteiger partial charge in [0.25, 0.3) is 5.91 Å². The summed E-state index contributed by atoms with van der Waals surface area (Å²) >= 11 is 3.72. The average Bonchev–Trinajstić information content (AvgIpc) is 3.32. The maximum Gasteiger partial charge on any atom is 0.337 e. The van der Waals surface area contributed by atoms with Gasteiger partial charge in [-0.25, -0.2) is 4.79 Å². The summed E-state index contributed by atoms with van der Waals surface area (Å²) in [5.74, 6) is -0.307. The molecular formula is C25H24BrNO4. The van der Waals surface area contributed by atoms with E-state index in [1.54, 1.807) is 12.1 Å². The molecule has 1 fully saturated rings. The van der Waals surface area contributed by atoms with Crippen LogP contribution in [0.4, 0.5) is 5.69 Å². The van der Waals surface area contributed by atoms with E-state index in [1.165, 1.54) is 12.7 Å². The summed E-state index contributed by atoms with van der Waals surface area (Å²) in [6.07, 6.45) is 5.07. The molecule has 6 heteroatoms. The molecule has 2 aromatic carbocycles. The molecule has 0 aromatic heterocycles. The van der Waals surface area contributed by atoms with Crippen molar-refractivity contribution in [2.45, 2.75) is 44.4 Å². The van der Waals surface area contributed by atoms with Crippen molar-refractivity contribution in [2.24, 2.45) is 5.92 Å². The van der Waals surface area contributed by atoms with Gasteiger partial charge < -0.3 is 14.4 Å². The fourth-order valence-corrected chi connectivity index (χ4v) is 6.03. The number of methoxy groups -OCH3 is 1. The van der Waals surface area contributed by atoms with Crippen LogP contribution in [0.3, 0.4) is 0 Å². The van der Waals surface area contributed by atoms with Gasteiger partial charge in [-0.05, 0) is 56.0 Å². The number of rotatable bonds is 3. The lowest BCUT2D eigenvalue weighted by Gasteiger charge is -2.43. The van der Waals surface area contributed by atoms with Crippen LogP contribution in [0.15, 0.2) is 58.6 Å². The van der Waals surface area contributed by atoms with Gasteiger partial charge in [0.1, 0.15) is 0 Å². The number of nitrogens with zero attached hydrogens (tertiary/aromatic N) is 1. The van der Waals surface area contributed by atoms with Crippen molar-refractivity contribution < 1.29 is 19.1 Å². The predicted molar refractivity (Wildman–Crippen MR) is 121 cm³/mol. The molecule has 0 radical (unpaired) electrons. The second kappa shape index (κ2) is 7.61. The highest BCUT2D eigenvalue weighted by atomic mass is 79.9. The molecule has 0 saturated carbocycles. The number of esters is 1. The number of hydrogen-bond acceptors (Lipinski definition) is 4. The first-order valence-electron chi connectivity index (χ1n) is 10.6. The molecule has 1 spiro atoms. The van der Waals surface area contributed by atoms with Crippen molar-refractivity contribution in [2.75, 3.05) is 12.0 Å². The number of benzene rings is 2. The molecule has 2 aromatic rings. The van der Waals surface area contributed by atoms with E-state index in [4.69, 9.17) is 9.47 Å². The summed E-state index contributed by atoms with van der Waals surface area (Å²) in [4.78, 5) is 27.7. The minimum absolute atomic E-state index is 0.00389. The average molecular weight is 482 g/mol. The van der Waals surface area contributed by atoms with Crippen molar-refractivity contribution in [3.05, 3.63) is 75.3 Å². The van der Waals surface area contributed by atoms with Crippen LogP contribution < -0.4 is 4.90 Å². The molecule has 1 unspecified atom stereocenters. The second-order valence-electron chi connectivity index (χ2n) is 8.49. The molecule has 0 bridgehead atoms. The molecule has 5 nitrogen and oxygen atoms in total. The van der Waals surface area contributed by atoms with Crippen molar-refractivity contribution in [1.29, 1.82) is 0 Å². The van der Waals surface area contributed by atoms with Crippen molar-refractivity contribution >= 4 is 33.5 Å². The fourth-order valence-electron chi connectivity index (χ4n) is 5.38. The van der Waals surface area contributed by atoms with E-state index in [0.29, 0.717) is 12.1 Å². The Kier molecular flexibility index (Phi) is 5.02. The minimum atomic E-state index is -0.985. The predicted octanol–water partition coefficient (Wildman–Crippen LogP) is 5.12. The van der Waals surface area contributed by atoms with Crippen LogP contribution in [-0.4, -0.2) is 25.1 Å². The zero-order valence-electron chi connectivity index (χ0n) is 17.6. The molecule has 2 aliphatic heterocycles. The van der Waals surface area contributed by atoms with Gasteiger partial charge in [0.2, 0.25) is 0 Å². The lowest BCUT2D eigenvalue weighted by Crippen LogP contribution is -2.52. The van der Waals surface area contributed by atoms with Gasteiger partial charge in [-0.2, -0.15) is 0 Å². The Hall–Kier alpha value is -2.44. The highest BCUT2D eigenvalue weighted by Crippen LogP contribution is 2.58. The van der Waals surface area contributed by atoms with Gasteiger partial charge in [0.05, 0.1) is 31.0 Å². The smallest absolute Gasteiger partial charge is 0.337 e. The van der Waals surface area contributed by atoms with Crippen molar-refractivity contribution in [1.82, 2.24) is 0 Å². The first kappa shape index (κ1) is 20.5. The van der Waals surface area contributed by atoms with Crippen LogP contribution >= 0.6 is 15.9 Å². The second-order valence-corrected chi connectivity index (χ2v) is 9.35. The first-order chi connectivity index (χ1) is 15.0. The summed E-state index contributed by atoms with van der Waals surface area (Å²) in [5.41, 5.74) is 3.62. The zero-order valence-corrected chi connectivity index (χ0v) is 19.1. The molecule has 3 aliphatic rings. The molecule has 160 valence electrons. The monoisotopic (exact) mass is 481 g/mol. The summed E-state index contributed by atoms with van der Waals surface area (Å²) < 4.78 is 12.3. The normalized spacial score (nSPS) is 26.6. The highest BCUT2D eigenvalue weighted by molar-refractivity contribution is 9.10. The van der Waals surface area contributed by atoms with Crippen molar-refractivity contribution in [3.8, 4) is 0 Å². The quantitative estimate of drug-likeness (QED) is 0.450. The molecule has 31 heavy (non-hydrogen) atoms. The van der Waals surface area contributed by atoms with E-state index in [-0.39, 0.29) is 23.9 Å². The third-order valence-corrected chi connectivity index (χ3v) is 7.30. The molecule has 1 amide bonds. The molecule has 2 heterocycles. The van der Waals surface area contributed by atoms with Gasteiger partial charge in [0.15, 0.2) is 5.60 Å². The topological polar surface area (TPSA) is 55.8 Å². The number of ether oxygens (including phenoxy) is 2. The minimum Gasteiger partial charge on any atom is -0.465 e. The Labute approximate surface area is 190 Å². The van der Waals surface area contributed by atoms with E-state index in [9.17, 15) is 9.59 Å². The molecule has 3 atom stereocenters. The summed E-state index contributed by atoms with van der Waals surface area (Å²) in [7, 11) is 1.37. The Bertz CT molecular complexity index is 1090. The standard InChI is InChI=1S/C25H24BrNO4/c1-15-13-18-5-3-6-19(18)25(31-15)22-20(26)7-4-8-21(22)27(24(25)29)14-16-9-11-17(12-10-16)23(28)30-2/h4-5,7-12,15,19H,3,6,13-14H2,1-2H3/t15-,19?,25-/m1/s1. The van der Waals surface area contributed by atoms with E-state index < -0.39 is 5.60 Å². The van der Waals surface area contributed by atoms with E-state index in [2.05, 4.69) is 28.9 Å². The maximum atomic E-state index is 14.1. The number of hydrogen-bond donors (Lipinski definition) is 0. The van der Waals surface area contributed by atoms with Gasteiger partial charge in [0, 0.05) is 16.0 Å². The molecule has 5 rings (SSSR count). The van der Waals surface area contributed by atoms with Crippen molar-refractivity contribution in [3.63, 3.8) is 0 Å². The van der Waals surface area contributed by atoms with Gasteiger partial charge in [-0.1, -0.05) is 45.8 Å². The maximum absolute atomic E-state index is 14.1. The van der Waals surface area contributed by atoms with Crippen LogP contribution in [-0.2, 0) is 26.4 Å². The number of allylic oxidation sites excluding steroid dienone is 1. The fraction of sp³-hybridized carbons (Fsp3) is 0.360.